The summed E-state index contributed by atoms with van der Waals surface area (Å²) in [5.74, 6) is 0.284. The number of hydrogen-bond acceptors (Lipinski definition) is 7. The van der Waals surface area contributed by atoms with Gasteiger partial charge in [0.15, 0.2) is 5.65 Å². The number of piperidine rings is 2. The molecule has 3 fully saturated rings. The van der Waals surface area contributed by atoms with Crippen LogP contribution in [0.2, 0.25) is 0 Å². The van der Waals surface area contributed by atoms with Crippen LogP contribution in [-0.2, 0) is 7.05 Å². The molecule has 2 atom stereocenters. The van der Waals surface area contributed by atoms with Gasteiger partial charge in [0.05, 0.1) is 11.4 Å². The molecule has 1 amide bonds. The fraction of sp³-hybridized carbons (Fsp3) is 0.412. The lowest BCUT2D eigenvalue weighted by molar-refractivity contribution is 0.0535. The number of para-hydroxylation sites is 1. The number of benzene rings is 2. The molecular formula is C34H39N9O. The van der Waals surface area contributed by atoms with Gasteiger partial charge in [-0.05, 0) is 69.8 Å². The van der Waals surface area contributed by atoms with Crippen molar-refractivity contribution in [2.75, 3.05) is 31.2 Å². The van der Waals surface area contributed by atoms with Gasteiger partial charge in [0.1, 0.15) is 23.5 Å². The van der Waals surface area contributed by atoms with E-state index < -0.39 is 0 Å². The summed E-state index contributed by atoms with van der Waals surface area (Å²) in [7, 11) is 4.23. The van der Waals surface area contributed by atoms with Crippen molar-refractivity contribution >= 4 is 39.3 Å². The Bertz CT molecular complexity index is 1840. The summed E-state index contributed by atoms with van der Waals surface area (Å²) < 4.78 is 4.01. The highest BCUT2D eigenvalue weighted by molar-refractivity contribution is 6.06. The van der Waals surface area contributed by atoms with Crippen LogP contribution in [0.15, 0.2) is 60.9 Å². The third kappa shape index (κ3) is 4.55. The number of nitrogens with one attached hydrogen (secondary N) is 1. The summed E-state index contributed by atoms with van der Waals surface area (Å²) in [4.78, 5) is 27.5. The molecule has 0 saturated carbocycles. The van der Waals surface area contributed by atoms with Crippen LogP contribution in [0.3, 0.4) is 0 Å². The van der Waals surface area contributed by atoms with Crippen LogP contribution in [-0.4, -0.2) is 78.3 Å². The summed E-state index contributed by atoms with van der Waals surface area (Å²) in [5, 5.41) is 9.99. The van der Waals surface area contributed by atoms with E-state index in [1.807, 2.05) is 66.2 Å². The number of rotatable bonds is 5. The molecule has 0 spiro atoms. The monoisotopic (exact) mass is 589 g/mol. The van der Waals surface area contributed by atoms with Crippen LogP contribution in [0, 0.1) is 0 Å². The van der Waals surface area contributed by atoms with Crippen molar-refractivity contribution in [1.82, 2.24) is 34.1 Å². The zero-order valence-corrected chi connectivity index (χ0v) is 25.4. The molecule has 5 aromatic rings. The summed E-state index contributed by atoms with van der Waals surface area (Å²) in [6.07, 6.45) is 8.93. The minimum atomic E-state index is -0.150. The van der Waals surface area contributed by atoms with Gasteiger partial charge in [0.2, 0.25) is 0 Å². The van der Waals surface area contributed by atoms with Crippen LogP contribution in [0.4, 0.5) is 11.5 Å². The van der Waals surface area contributed by atoms with Crippen molar-refractivity contribution in [1.29, 1.82) is 0 Å². The second-order valence-electron chi connectivity index (χ2n) is 12.9. The number of fused-ring (bicyclic) bond motifs is 4. The Morgan fingerprint density at radius 1 is 0.886 bits per heavy atom. The lowest BCUT2D eigenvalue weighted by Gasteiger charge is -2.44. The summed E-state index contributed by atoms with van der Waals surface area (Å²) >= 11 is 0. The predicted octanol–water partition coefficient (Wildman–Crippen LogP) is 5.08. The summed E-state index contributed by atoms with van der Waals surface area (Å²) in [6.45, 7) is 2.17. The highest BCUT2D eigenvalue weighted by Gasteiger charge is 2.41. The number of aryl methyl sites for hydroxylation is 1. The zero-order valence-electron chi connectivity index (χ0n) is 25.4. The van der Waals surface area contributed by atoms with E-state index in [0.717, 1.165) is 71.2 Å². The van der Waals surface area contributed by atoms with Crippen molar-refractivity contribution in [3.63, 3.8) is 0 Å². The minimum Gasteiger partial charge on any atom is -0.383 e. The fourth-order valence-electron chi connectivity index (χ4n) is 8.04. The Balaban J connectivity index is 1.01. The minimum absolute atomic E-state index is 0.150. The quantitative estimate of drug-likeness (QED) is 0.294. The summed E-state index contributed by atoms with van der Waals surface area (Å²) in [5.41, 5.74) is 11.3. The Labute approximate surface area is 256 Å². The molecule has 2 bridgehead atoms. The van der Waals surface area contributed by atoms with Crippen LogP contribution in [0.1, 0.15) is 55.1 Å². The topological polar surface area (TPSA) is 110 Å². The Morgan fingerprint density at radius 2 is 1.61 bits per heavy atom. The molecule has 3 aromatic heterocycles. The van der Waals surface area contributed by atoms with Crippen molar-refractivity contribution in [3.8, 4) is 11.3 Å². The van der Waals surface area contributed by atoms with Gasteiger partial charge in [-0.1, -0.05) is 30.3 Å². The molecule has 2 unspecified atom stereocenters. The molecule has 3 aliphatic heterocycles. The average molecular weight is 590 g/mol. The Morgan fingerprint density at radius 3 is 2.34 bits per heavy atom. The average Bonchev–Trinajstić information content (AvgIpc) is 3.65. The van der Waals surface area contributed by atoms with Crippen LogP contribution < -0.4 is 11.1 Å². The molecule has 226 valence electrons. The number of amides is 1. The van der Waals surface area contributed by atoms with Gasteiger partial charge in [-0.25, -0.2) is 14.6 Å². The smallest absolute Gasteiger partial charge is 0.272 e. The second kappa shape index (κ2) is 10.7. The number of likely N-dealkylation sites (tertiary alicyclic amines) is 1. The third-order valence-electron chi connectivity index (χ3n) is 10.6. The van der Waals surface area contributed by atoms with E-state index in [9.17, 15) is 4.79 Å². The molecule has 10 heteroatoms. The molecule has 8 rings (SSSR count). The first kappa shape index (κ1) is 27.3. The number of hydrogen-bond donors (Lipinski definition) is 2. The van der Waals surface area contributed by atoms with Crippen molar-refractivity contribution in [2.24, 2.45) is 7.05 Å². The van der Waals surface area contributed by atoms with Gasteiger partial charge in [-0.2, -0.15) is 5.10 Å². The number of carbonyl (C=O) groups is 1. The molecule has 3 saturated heterocycles. The van der Waals surface area contributed by atoms with Crippen molar-refractivity contribution < 1.29 is 4.79 Å². The largest absolute Gasteiger partial charge is 0.383 e. The number of nitrogens with two attached hydrogens (primary N) is 1. The van der Waals surface area contributed by atoms with Gasteiger partial charge in [0.25, 0.3) is 5.91 Å². The van der Waals surface area contributed by atoms with Crippen molar-refractivity contribution in [3.05, 3.63) is 66.6 Å². The molecule has 0 radical (unpaired) electrons. The number of nitrogen functional groups attached to an aromatic ring is 1. The summed E-state index contributed by atoms with van der Waals surface area (Å²) in [6, 6.07) is 20.2. The third-order valence-corrected chi connectivity index (χ3v) is 10.6. The fourth-order valence-corrected chi connectivity index (χ4v) is 8.04. The predicted molar refractivity (Wildman–Crippen MR) is 173 cm³/mol. The number of nitrogens with zero attached hydrogens (tertiary/aromatic N) is 7. The Hall–Kier alpha value is -4.28. The van der Waals surface area contributed by atoms with E-state index in [1.165, 1.54) is 32.0 Å². The van der Waals surface area contributed by atoms with Crippen LogP contribution >= 0.6 is 0 Å². The van der Waals surface area contributed by atoms with E-state index in [1.54, 1.807) is 0 Å². The van der Waals surface area contributed by atoms with Crippen LogP contribution in [0.5, 0.6) is 0 Å². The number of carbonyl (C=O) groups excluding carboxylic acids is 1. The first-order valence-corrected chi connectivity index (χ1v) is 15.9. The maximum atomic E-state index is 13.1. The van der Waals surface area contributed by atoms with Crippen molar-refractivity contribution in [2.45, 2.75) is 62.7 Å². The van der Waals surface area contributed by atoms with E-state index in [-0.39, 0.29) is 11.9 Å². The highest BCUT2D eigenvalue weighted by Crippen LogP contribution is 2.39. The first-order valence-electron chi connectivity index (χ1n) is 15.9. The van der Waals surface area contributed by atoms with E-state index in [2.05, 4.69) is 36.8 Å². The number of aromatic nitrogens is 5. The Kier molecular flexibility index (Phi) is 6.64. The standard InChI is InChI=1S/C34H39N9O/c1-40-25-11-12-26(40)19-27(18-25)42-15-13-24(14-16-42)43-33-30(32(35)36-20-37-33)31(39-43)21-7-9-23(10-8-21)38-34(44)29-17-22-5-3-4-6-28(22)41(29)2/h3-10,17,20,24-27H,11-16,18-19H2,1-2H3,(H,38,44)(H2,35,36,37). The second-order valence-corrected chi connectivity index (χ2v) is 12.9. The molecule has 3 N–H and O–H groups in total. The van der Waals surface area contributed by atoms with E-state index in [0.29, 0.717) is 23.2 Å². The molecule has 6 heterocycles. The normalized spacial score (nSPS) is 23.1. The van der Waals surface area contributed by atoms with Crippen LogP contribution in [0.25, 0.3) is 33.2 Å². The lowest BCUT2D eigenvalue weighted by Crippen LogP contribution is -2.51. The van der Waals surface area contributed by atoms with Gasteiger partial charge in [-0.3, -0.25) is 4.79 Å². The molecule has 10 nitrogen and oxygen atoms in total. The highest BCUT2D eigenvalue weighted by atomic mass is 16.1. The number of anilines is 2. The maximum absolute atomic E-state index is 13.1. The zero-order chi connectivity index (χ0) is 29.9. The molecule has 44 heavy (non-hydrogen) atoms. The van der Waals surface area contributed by atoms with E-state index >= 15 is 0 Å². The van der Waals surface area contributed by atoms with Gasteiger partial charge in [0, 0.05) is 60.4 Å². The molecular weight excluding hydrogens is 550 g/mol. The van der Waals surface area contributed by atoms with Gasteiger partial charge < -0.3 is 25.4 Å². The van der Waals surface area contributed by atoms with E-state index in [4.69, 9.17) is 10.8 Å². The lowest BCUT2D eigenvalue weighted by atomic mass is 9.93. The SMILES string of the molecule is CN1C2CCC1CC(N1CCC(n3nc(-c4ccc(NC(=O)c5cc6ccccc6n5C)cc4)c4c(N)ncnc43)CC1)C2. The first-order chi connectivity index (χ1) is 21.4. The van der Waals surface area contributed by atoms with Gasteiger partial charge in [-0.15, -0.1) is 0 Å². The molecule has 2 aromatic carbocycles. The molecule has 0 aliphatic carbocycles. The van der Waals surface area contributed by atoms with Gasteiger partial charge >= 0.3 is 0 Å². The maximum Gasteiger partial charge on any atom is 0.272 e. The molecule has 3 aliphatic rings.